The molecule has 0 saturated carbocycles. The van der Waals surface area contributed by atoms with Gasteiger partial charge in [0.1, 0.15) is 24.2 Å². The largest absolute Gasteiger partial charge is 0.342 e. The lowest BCUT2D eigenvalue weighted by molar-refractivity contribution is -0.135. The average molecular weight is 469 g/mol. The van der Waals surface area contributed by atoms with Gasteiger partial charge in [-0.25, -0.2) is 13.4 Å². The molecule has 2 heterocycles. The minimum absolute atomic E-state index is 0.0865. The lowest BCUT2D eigenvalue weighted by Gasteiger charge is -2.24. The molecule has 1 aliphatic rings. The lowest BCUT2D eigenvalue weighted by Crippen LogP contribution is -2.49. The van der Waals surface area contributed by atoms with Crippen LogP contribution in [-0.2, 0) is 38.1 Å². The smallest absolute Gasteiger partial charge is 0.245 e. The molecule has 1 unspecified atom stereocenters. The number of hydrogen-bond acceptors (Lipinski definition) is 5. The topological polar surface area (TPSA) is 101 Å². The molecule has 9 heteroatoms. The first-order valence-electron chi connectivity index (χ1n) is 11.0. The van der Waals surface area contributed by atoms with Crippen molar-refractivity contribution < 1.29 is 18.0 Å². The molecule has 174 valence electrons. The summed E-state index contributed by atoms with van der Waals surface area (Å²) in [7, 11) is -3.35. The Morgan fingerprint density at radius 1 is 1.03 bits per heavy atom. The van der Waals surface area contributed by atoms with Crippen molar-refractivity contribution in [2.24, 2.45) is 0 Å². The van der Waals surface area contributed by atoms with Crippen molar-refractivity contribution in [1.29, 1.82) is 0 Å². The molecular weight excluding hydrogens is 440 g/mol. The van der Waals surface area contributed by atoms with Crippen molar-refractivity contribution in [3.8, 4) is 0 Å². The Kier molecular flexibility index (Phi) is 6.78. The third-order valence-electron chi connectivity index (χ3n) is 5.76. The number of fused-ring (bicyclic) bond motifs is 1. The van der Waals surface area contributed by atoms with Gasteiger partial charge >= 0.3 is 0 Å². The van der Waals surface area contributed by atoms with Gasteiger partial charge in [-0.2, -0.15) is 0 Å². The number of carbonyl (C=O) groups is 2. The third kappa shape index (κ3) is 5.78. The number of rotatable bonds is 8. The molecule has 1 aliphatic heterocycles. The molecule has 33 heavy (non-hydrogen) atoms. The minimum Gasteiger partial charge on any atom is -0.342 e. The number of nitrogens with one attached hydrogen (secondary N) is 1. The van der Waals surface area contributed by atoms with Crippen LogP contribution in [0.15, 0.2) is 54.6 Å². The molecule has 0 bridgehead atoms. The zero-order chi connectivity index (χ0) is 23.4. The Balaban J connectivity index is 1.57. The standard InChI is InChI=1S/C24H28N4O4S/c1-33(31,32)17-22-25-19-11-5-6-12-21(19)28(22)16-23(29)26-20(15-18-9-3-2-4-10-18)24(30)27-13-7-8-14-27/h2-6,9-12,20H,7-8,13-17H2,1H3,(H,26,29). The fourth-order valence-corrected chi connectivity index (χ4v) is 4.93. The Hall–Kier alpha value is -3.20. The molecule has 1 N–H and O–H groups in total. The van der Waals surface area contributed by atoms with Crippen LogP contribution >= 0.6 is 0 Å². The molecule has 2 aromatic carbocycles. The fourth-order valence-electron chi connectivity index (χ4n) is 4.24. The number of aromatic nitrogens is 2. The summed E-state index contributed by atoms with van der Waals surface area (Å²) in [5.74, 6) is -0.410. The second-order valence-electron chi connectivity index (χ2n) is 8.52. The highest BCUT2D eigenvalue weighted by Gasteiger charge is 2.28. The number of likely N-dealkylation sites (tertiary alicyclic amines) is 1. The van der Waals surface area contributed by atoms with Crippen LogP contribution in [0.5, 0.6) is 0 Å². The van der Waals surface area contributed by atoms with Crippen LogP contribution in [-0.4, -0.2) is 60.1 Å². The van der Waals surface area contributed by atoms with E-state index in [1.54, 1.807) is 21.6 Å². The molecular formula is C24H28N4O4S. The van der Waals surface area contributed by atoms with Gasteiger partial charge in [-0.05, 0) is 30.5 Å². The molecule has 8 nitrogen and oxygen atoms in total. The molecule has 1 saturated heterocycles. The second kappa shape index (κ2) is 9.74. The zero-order valence-corrected chi connectivity index (χ0v) is 19.4. The molecule has 0 aliphatic carbocycles. The summed E-state index contributed by atoms with van der Waals surface area (Å²) in [5, 5.41) is 2.91. The molecule has 2 amide bonds. The highest BCUT2D eigenvalue weighted by molar-refractivity contribution is 7.89. The number of benzene rings is 2. The number of hydrogen-bond donors (Lipinski definition) is 1. The van der Waals surface area contributed by atoms with Gasteiger partial charge in [0.15, 0.2) is 9.84 Å². The maximum atomic E-state index is 13.2. The summed E-state index contributed by atoms with van der Waals surface area (Å²) >= 11 is 0. The quantitative estimate of drug-likeness (QED) is 0.544. The molecule has 1 atom stereocenters. The molecule has 3 aromatic rings. The molecule has 0 radical (unpaired) electrons. The Labute approximate surface area is 193 Å². The second-order valence-corrected chi connectivity index (χ2v) is 10.7. The van der Waals surface area contributed by atoms with E-state index in [-0.39, 0.29) is 24.1 Å². The van der Waals surface area contributed by atoms with Gasteiger partial charge in [-0.15, -0.1) is 0 Å². The number of nitrogens with zero attached hydrogens (tertiary/aromatic N) is 3. The summed E-state index contributed by atoms with van der Waals surface area (Å²) in [5.41, 5.74) is 2.26. The number of amides is 2. The minimum atomic E-state index is -3.35. The van der Waals surface area contributed by atoms with E-state index >= 15 is 0 Å². The number of carbonyl (C=O) groups excluding carboxylic acids is 2. The summed E-state index contributed by atoms with van der Waals surface area (Å²) in [6.07, 6.45) is 3.46. The highest BCUT2D eigenvalue weighted by atomic mass is 32.2. The number of para-hydroxylation sites is 2. The van der Waals surface area contributed by atoms with E-state index in [4.69, 9.17) is 0 Å². The predicted molar refractivity (Wildman–Crippen MR) is 126 cm³/mol. The van der Waals surface area contributed by atoms with Crippen molar-refractivity contribution in [3.63, 3.8) is 0 Å². The van der Waals surface area contributed by atoms with Crippen LogP contribution in [0.25, 0.3) is 11.0 Å². The van der Waals surface area contributed by atoms with E-state index in [0.717, 1.165) is 24.7 Å². The van der Waals surface area contributed by atoms with Crippen LogP contribution < -0.4 is 5.32 Å². The SMILES string of the molecule is CS(=O)(=O)Cc1nc2ccccc2n1CC(=O)NC(Cc1ccccc1)C(=O)N1CCCC1. The number of sulfone groups is 1. The van der Waals surface area contributed by atoms with Gasteiger partial charge in [0.05, 0.1) is 11.0 Å². The Morgan fingerprint density at radius 3 is 2.39 bits per heavy atom. The van der Waals surface area contributed by atoms with E-state index < -0.39 is 15.9 Å². The first kappa shape index (κ1) is 23.0. The summed E-state index contributed by atoms with van der Waals surface area (Å²) in [6.45, 7) is 1.28. The van der Waals surface area contributed by atoms with Gasteiger partial charge in [0, 0.05) is 25.8 Å². The summed E-state index contributed by atoms with van der Waals surface area (Å²) in [6, 6.07) is 16.1. The lowest BCUT2D eigenvalue weighted by atomic mass is 10.0. The normalized spacial score (nSPS) is 15.0. The first-order valence-corrected chi connectivity index (χ1v) is 13.1. The van der Waals surface area contributed by atoms with Gasteiger partial charge < -0.3 is 14.8 Å². The first-order chi connectivity index (χ1) is 15.8. The molecule has 1 fully saturated rings. The molecule has 4 rings (SSSR count). The van der Waals surface area contributed by atoms with Gasteiger partial charge in [-0.3, -0.25) is 9.59 Å². The van der Waals surface area contributed by atoms with Crippen molar-refractivity contribution in [2.75, 3.05) is 19.3 Å². The average Bonchev–Trinajstić information content (AvgIpc) is 3.41. The van der Waals surface area contributed by atoms with Gasteiger partial charge in [0.25, 0.3) is 0 Å². The van der Waals surface area contributed by atoms with Crippen molar-refractivity contribution in [3.05, 3.63) is 66.0 Å². The van der Waals surface area contributed by atoms with E-state index in [9.17, 15) is 18.0 Å². The van der Waals surface area contributed by atoms with Crippen LogP contribution in [0.2, 0.25) is 0 Å². The monoisotopic (exact) mass is 468 g/mol. The van der Waals surface area contributed by atoms with Crippen molar-refractivity contribution >= 4 is 32.7 Å². The predicted octanol–water partition coefficient (Wildman–Crippen LogP) is 1.93. The van der Waals surface area contributed by atoms with E-state index in [2.05, 4.69) is 10.3 Å². The van der Waals surface area contributed by atoms with Crippen LogP contribution in [0.1, 0.15) is 24.2 Å². The highest BCUT2D eigenvalue weighted by Crippen LogP contribution is 2.18. The van der Waals surface area contributed by atoms with Crippen LogP contribution in [0.4, 0.5) is 0 Å². The van der Waals surface area contributed by atoms with Crippen LogP contribution in [0.3, 0.4) is 0 Å². The Morgan fingerprint density at radius 2 is 1.70 bits per heavy atom. The van der Waals surface area contributed by atoms with Crippen molar-refractivity contribution in [1.82, 2.24) is 19.8 Å². The maximum Gasteiger partial charge on any atom is 0.245 e. The van der Waals surface area contributed by atoms with E-state index in [1.807, 2.05) is 42.5 Å². The van der Waals surface area contributed by atoms with Crippen LogP contribution in [0, 0.1) is 0 Å². The maximum absolute atomic E-state index is 13.2. The fraction of sp³-hybridized carbons (Fsp3) is 0.375. The number of imidazole rings is 1. The van der Waals surface area contributed by atoms with Gasteiger partial charge in [0.2, 0.25) is 11.8 Å². The van der Waals surface area contributed by atoms with Crippen molar-refractivity contribution in [2.45, 2.75) is 37.6 Å². The molecule has 1 aromatic heterocycles. The zero-order valence-electron chi connectivity index (χ0n) is 18.6. The molecule has 0 spiro atoms. The summed E-state index contributed by atoms with van der Waals surface area (Å²) in [4.78, 5) is 32.5. The van der Waals surface area contributed by atoms with E-state index in [0.29, 0.717) is 36.4 Å². The van der Waals surface area contributed by atoms with E-state index in [1.165, 1.54) is 0 Å². The Bertz CT molecular complexity index is 1250. The third-order valence-corrected chi connectivity index (χ3v) is 6.54. The van der Waals surface area contributed by atoms with Gasteiger partial charge in [-0.1, -0.05) is 42.5 Å². The summed E-state index contributed by atoms with van der Waals surface area (Å²) < 4.78 is 25.5.